The van der Waals surface area contributed by atoms with Crippen LogP contribution < -0.4 is 10.6 Å². The second kappa shape index (κ2) is 6.70. The van der Waals surface area contributed by atoms with Crippen molar-refractivity contribution in [3.8, 4) is 0 Å². The molecule has 0 aliphatic carbocycles. The summed E-state index contributed by atoms with van der Waals surface area (Å²) in [5, 5.41) is 6.61. The molecule has 106 valence electrons. The number of rotatable bonds is 5. The molecule has 0 saturated carbocycles. The van der Waals surface area contributed by atoms with Gasteiger partial charge in [-0.1, -0.05) is 13.8 Å². The Hall–Kier alpha value is -1.36. The van der Waals surface area contributed by atoms with Crippen LogP contribution in [0, 0.1) is 5.92 Å². The minimum atomic E-state index is 0.383. The van der Waals surface area contributed by atoms with Gasteiger partial charge in [0.15, 0.2) is 0 Å². The number of hydrogen-bond donors (Lipinski definition) is 2. The van der Waals surface area contributed by atoms with Crippen LogP contribution in [0.25, 0.3) is 0 Å². The molecule has 1 aliphatic rings. The molecule has 2 heterocycles. The maximum absolute atomic E-state index is 5.51. The number of aromatic nitrogens is 2. The van der Waals surface area contributed by atoms with Gasteiger partial charge in [-0.2, -0.15) is 0 Å². The third-order valence-corrected chi connectivity index (χ3v) is 3.51. The molecule has 5 heteroatoms. The van der Waals surface area contributed by atoms with Crippen molar-refractivity contribution in [3.05, 3.63) is 11.9 Å². The van der Waals surface area contributed by atoms with Crippen molar-refractivity contribution in [2.24, 2.45) is 5.92 Å². The van der Waals surface area contributed by atoms with Crippen molar-refractivity contribution in [2.75, 3.05) is 37.4 Å². The summed E-state index contributed by atoms with van der Waals surface area (Å²) in [6.45, 7) is 7.00. The highest BCUT2D eigenvalue weighted by atomic mass is 16.5. The molecule has 19 heavy (non-hydrogen) atoms. The molecule has 0 amide bonds. The number of nitrogens with one attached hydrogen (secondary N) is 2. The molecule has 2 N–H and O–H groups in total. The lowest BCUT2D eigenvalue weighted by Gasteiger charge is -2.23. The highest BCUT2D eigenvalue weighted by Crippen LogP contribution is 2.28. The quantitative estimate of drug-likeness (QED) is 0.855. The predicted molar refractivity (Wildman–Crippen MR) is 77.7 cm³/mol. The predicted octanol–water partition coefficient (Wildman–Crippen LogP) is 2.48. The monoisotopic (exact) mass is 264 g/mol. The number of anilines is 2. The van der Waals surface area contributed by atoms with E-state index in [2.05, 4.69) is 34.4 Å². The van der Waals surface area contributed by atoms with Crippen molar-refractivity contribution in [1.29, 1.82) is 0 Å². The van der Waals surface area contributed by atoms with Crippen LogP contribution in [0.4, 0.5) is 11.6 Å². The van der Waals surface area contributed by atoms with Gasteiger partial charge in [0.2, 0.25) is 0 Å². The first-order valence-electron chi connectivity index (χ1n) is 7.06. The number of nitrogens with zero attached hydrogens (tertiary/aromatic N) is 2. The summed E-state index contributed by atoms with van der Waals surface area (Å²) < 4.78 is 5.51. The van der Waals surface area contributed by atoms with Gasteiger partial charge in [0, 0.05) is 25.8 Å². The number of hydrogen-bond acceptors (Lipinski definition) is 5. The Morgan fingerprint density at radius 2 is 2.16 bits per heavy atom. The minimum Gasteiger partial charge on any atom is -0.381 e. The molecule has 1 atom stereocenters. The molecule has 0 spiro atoms. The van der Waals surface area contributed by atoms with Gasteiger partial charge in [0.05, 0.1) is 6.61 Å². The SMILES string of the molecule is CNc1ncnc(NCC2CCCOC2)c1C(C)C. The van der Waals surface area contributed by atoms with Gasteiger partial charge >= 0.3 is 0 Å². The van der Waals surface area contributed by atoms with Crippen LogP contribution >= 0.6 is 0 Å². The van der Waals surface area contributed by atoms with Crippen molar-refractivity contribution < 1.29 is 4.74 Å². The van der Waals surface area contributed by atoms with Gasteiger partial charge in [-0.3, -0.25) is 0 Å². The van der Waals surface area contributed by atoms with Gasteiger partial charge in [-0.15, -0.1) is 0 Å². The molecule has 1 aromatic heterocycles. The van der Waals surface area contributed by atoms with Crippen LogP contribution in [0.5, 0.6) is 0 Å². The Bertz CT molecular complexity index is 402. The lowest BCUT2D eigenvalue weighted by Crippen LogP contribution is -2.25. The van der Waals surface area contributed by atoms with Crippen LogP contribution in [-0.2, 0) is 4.74 Å². The normalized spacial score (nSPS) is 19.5. The standard InChI is InChI=1S/C14H24N4O/c1-10(2)12-13(15-3)17-9-18-14(12)16-7-11-5-4-6-19-8-11/h9-11H,4-8H2,1-3H3,(H2,15,16,17,18). The molecule has 1 aromatic rings. The first-order valence-corrected chi connectivity index (χ1v) is 7.06. The van der Waals surface area contributed by atoms with Gasteiger partial charge in [0.1, 0.15) is 18.0 Å². The van der Waals surface area contributed by atoms with Gasteiger partial charge < -0.3 is 15.4 Å². The molecule has 1 aliphatic heterocycles. The first kappa shape index (κ1) is 14.1. The fourth-order valence-electron chi connectivity index (χ4n) is 2.49. The Kier molecular flexibility index (Phi) is 4.96. The zero-order valence-electron chi connectivity index (χ0n) is 12.1. The molecule has 0 bridgehead atoms. The highest BCUT2D eigenvalue weighted by Gasteiger charge is 2.17. The Morgan fingerprint density at radius 1 is 1.37 bits per heavy atom. The Labute approximate surface area is 115 Å². The average molecular weight is 264 g/mol. The van der Waals surface area contributed by atoms with Crippen LogP contribution in [0.2, 0.25) is 0 Å². The van der Waals surface area contributed by atoms with Gasteiger partial charge in [-0.25, -0.2) is 9.97 Å². The van der Waals surface area contributed by atoms with E-state index in [0.29, 0.717) is 11.8 Å². The van der Waals surface area contributed by atoms with E-state index in [-0.39, 0.29) is 0 Å². The topological polar surface area (TPSA) is 59.1 Å². The molecule has 0 radical (unpaired) electrons. The van der Waals surface area contributed by atoms with Crippen molar-refractivity contribution in [2.45, 2.75) is 32.6 Å². The highest BCUT2D eigenvalue weighted by molar-refractivity contribution is 5.58. The summed E-state index contributed by atoms with van der Waals surface area (Å²) in [7, 11) is 1.90. The van der Waals surface area contributed by atoms with Gasteiger partial charge in [0.25, 0.3) is 0 Å². The van der Waals surface area contributed by atoms with Crippen LogP contribution in [0.3, 0.4) is 0 Å². The molecule has 5 nitrogen and oxygen atoms in total. The van der Waals surface area contributed by atoms with E-state index in [1.165, 1.54) is 6.42 Å². The van der Waals surface area contributed by atoms with E-state index in [1.807, 2.05) is 7.05 Å². The fourth-order valence-corrected chi connectivity index (χ4v) is 2.49. The summed E-state index contributed by atoms with van der Waals surface area (Å²) in [5.74, 6) is 2.82. The third-order valence-electron chi connectivity index (χ3n) is 3.51. The van der Waals surface area contributed by atoms with E-state index in [4.69, 9.17) is 4.74 Å². The summed E-state index contributed by atoms with van der Waals surface area (Å²) in [4.78, 5) is 8.68. The Morgan fingerprint density at radius 3 is 2.79 bits per heavy atom. The fraction of sp³-hybridized carbons (Fsp3) is 0.714. The third kappa shape index (κ3) is 3.56. The summed E-state index contributed by atoms with van der Waals surface area (Å²) in [6.07, 6.45) is 4.00. The molecule has 1 saturated heterocycles. The zero-order valence-corrected chi connectivity index (χ0v) is 12.1. The van der Waals surface area contributed by atoms with E-state index >= 15 is 0 Å². The first-order chi connectivity index (χ1) is 9.22. The maximum Gasteiger partial charge on any atom is 0.134 e. The summed E-state index contributed by atoms with van der Waals surface area (Å²) in [6, 6.07) is 0. The van der Waals surface area contributed by atoms with Crippen LogP contribution in [0.1, 0.15) is 38.2 Å². The van der Waals surface area contributed by atoms with Crippen molar-refractivity contribution in [1.82, 2.24) is 9.97 Å². The average Bonchev–Trinajstić information content (AvgIpc) is 2.45. The second-order valence-electron chi connectivity index (χ2n) is 5.35. The van der Waals surface area contributed by atoms with Gasteiger partial charge in [-0.05, 0) is 24.7 Å². The van der Waals surface area contributed by atoms with Crippen molar-refractivity contribution in [3.63, 3.8) is 0 Å². The van der Waals surface area contributed by atoms with Crippen molar-refractivity contribution >= 4 is 11.6 Å². The van der Waals surface area contributed by atoms with E-state index < -0.39 is 0 Å². The summed E-state index contributed by atoms with van der Waals surface area (Å²) in [5.41, 5.74) is 1.15. The summed E-state index contributed by atoms with van der Waals surface area (Å²) >= 11 is 0. The van der Waals surface area contributed by atoms with Crippen LogP contribution in [-0.4, -0.2) is 36.8 Å². The largest absolute Gasteiger partial charge is 0.381 e. The molecular formula is C14H24N4O. The molecular weight excluding hydrogens is 240 g/mol. The maximum atomic E-state index is 5.51. The van der Waals surface area contributed by atoms with E-state index in [1.54, 1.807) is 6.33 Å². The van der Waals surface area contributed by atoms with E-state index in [9.17, 15) is 0 Å². The lowest BCUT2D eigenvalue weighted by atomic mass is 10.0. The second-order valence-corrected chi connectivity index (χ2v) is 5.35. The molecule has 1 fully saturated rings. The smallest absolute Gasteiger partial charge is 0.134 e. The van der Waals surface area contributed by atoms with Crippen LogP contribution in [0.15, 0.2) is 6.33 Å². The lowest BCUT2D eigenvalue weighted by molar-refractivity contribution is 0.0594. The van der Waals surface area contributed by atoms with E-state index in [0.717, 1.165) is 43.4 Å². The Balaban J connectivity index is 2.06. The molecule has 0 aromatic carbocycles. The minimum absolute atomic E-state index is 0.383. The number of ether oxygens (including phenoxy) is 1. The molecule has 1 unspecified atom stereocenters. The molecule has 2 rings (SSSR count). The zero-order chi connectivity index (χ0) is 13.7.